The zero-order valence-electron chi connectivity index (χ0n) is 10.7. The maximum Gasteiger partial charge on any atom is 0.0616 e. The van der Waals surface area contributed by atoms with E-state index < -0.39 is 0 Å². The van der Waals surface area contributed by atoms with Crippen molar-refractivity contribution in [3.05, 3.63) is 0 Å². The van der Waals surface area contributed by atoms with Crippen LogP contribution in [-0.2, 0) is 4.74 Å². The summed E-state index contributed by atoms with van der Waals surface area (Å²) in [6.07, 6.45) is 0. The average molecular weight is 201 g/mol. The second kappa shape index (κ2) is 6.41. The number of hydrogen-bond acceptors (Lipinski definition) is 2. The van der Waals surface area contributed by atoms with Crippen LogP contribution in [0.5, 0.6) is 0 Å². The van der Waals surface area contributed by atoms with E-state index in [1.54, 1.807) is 0 Å². The summed E-state index contributed by atoms with van der Waals surface area (Å²) in [7, 11) is 0. The van der Waals surface area contributed by atoms with Gasteiger partial charge in [0.05, 0.1) is 6.61 Å². The lowest BCUT2D eigenvalue weighted by Gasteiger charge is -2.28. The predicted molar refractivity (Wildman–Crippen MR) is 62.6 cm³/mol. The van der Waals surface area contributed by atoms with Crippen molar-refractivity contribution in [2.75, 3.05) is 19.8 Å². The van der Waals surface area contributed by atoms with Crippen LogP contribution in [-0.4, -0.2) is 25.8 Å². The van der Waals surface area contributed by atoms with Gasteiger partial charge in [-0.25, -0.2) is 0 Å². The third-order valence-electron chi connectivity index (χ3n) is 2.82. The van der Waals surface area contributed by atoms with Crippen LogP contribution in [0, 0.1) is 11.3 Å². The summed E-state index contributed by atoms with van der Waals surface area (Å²) < 4.78 is 5.35. The predicted octanol–water partition coefficient (Wildman–Crippen LogP) is 2.68. The lowest BCUT2D eigenvalue weighted by atomic mass is 9.82. The molecule has 0 bridgehead atoms. The van der Waals surface area contributed by atoms with E-state index in [1.807, 2.05) is 6.92 Å². The summed E-state index contributed by atoms with van der Waals surface area (Å²) in [6.45, 7) is 16.0. The SMILES string of the molecule is CCOCC(C)NCC(C)C(C)(C)C. The Balaban J connectivity index is 3.61. The molecular weight excluding hydrogens is 174 g/mol. The van der Waals surface area contributed by atoms with Gasteiger partial charge in [-0.2, -0.15) is 0 Å². The lowest BCUT2D eigenvalue weighted by molar-refractivity contribution is 0.122. The molecule has 2 unspecified atom stereocenters. The maximum atomic E-state index is 5.35. The van der Waals surface area contributed by atoms with Crippen molar-refractivity contribution >= 4 is 0 Å². The molecule has 1 N–H and O–H groups in total. The fourth-order valence-electron chi connectivity index (χ4n) is 1.04. The van der Waals surface area contributed by atoms with Gasteiger partial charge in [-0.15, -0.1) is 0 Å². The summed E-state index contributed by atoms with van der Waals surface area (Å²) in [6, 6.07) is 0.458. The minimum absolute atomic E-state index is 0.387. The van der Waals surface area contributed by atoms with Crippen LogP contribution in [0.2, 0.25) is 0 Å². The Morgan fingerprint density at radius 1 is 1.21 bits per heavy atom. The molecule has 0 heterocycles. The van der Waals surface area contributed by atoms with Gasteiger partial charge in [0.1, 0.15) is 0 Å². The Hall–Kier alpha value is -0.0800. The summed E-state index contributed by atoms with van der Waals surface area (Å²) in [5.41, 5.74) is 0.387. The van der Waals surface area contributed by atoms with E-state index in [9.17, 15) is 0 Å². The minimum atomic E-state index is 0.387. The first-order chi connectivity index (χ1) is 6.38. The molecule has 0 saturated carbocycles. The van der Waals surface area contributed by atoms with Crippen LogP contribution in [0.15, 0.2) is 0 Å². The molecule has 0 aliphatic rings. The van der Waals surface area contributed by atoms with Gasteiger partial charge in [0.2, 0.25) is 0 Å². The monoisotopic (exact) mass is 201 g/mol. The summed E-state index contributed by atoms with van der Waals surface area (Å²) in [4.78, 5) is 0. The fraction of sp³-hybridized carbons (Fsp3) is 1.00. The van der Waals surface area contributed by atoms with E-state index in [0.717, 1.165) is 19.8 Å². The molecule has 0 amide bonds. The molecule has 0 aliphatic carbocycles. The van der Waals surface area contributed by atoms with Crippen molar-refractivity contribution in [3.8, 4) is 0 Å². The van der Waals surface area contributed by atoms with Gasteiger partial charge in [0, 0.05) is 12.6 Å². The molecule has 0 aromatic carbocycles. The summed E-state index contributed by atoms with van der Waals surface area (Å²) in [5.74, 6) is 0.687. The van der Waals surface area contributed by atoms with E-state index in [4.69, 9.17) is 4.74 Å². The summed E-state index contributed by atoms with van der Waals surface area (Å²) >= 11 is 0. The Bertz CT molecular complexity index is 140. The zero-order chi connectivity index (χ0) is 11.2. The highest BCUT2D eigenvalue weighted by Gasteiger charge is 2.19. The molecule has 0 radical (unpaired) electrons. The smallest absolute Gasteiger partial charge is 0.0616 e. The Labute approximate surface area is 89.4 Å². The van der Waals surface area contributed by atoms with E-state index >= 15 is 0 Å². The highest BCUT2D eigenvalue weighted by molar-refractivity contribution is 4.73. The molecule has 14 heavy (non-hydrogen) atoms. The minimum Gasteiger partial charge on any atom is -0.380 e. The Morgan fingerprint density at radius 3 is 2.21 bits per heavy atom. The topological polar surface area (TPSA) is 21.3 Å². The quantitative estimate of drug-likeness (QED) is 0.713. The molecule has 86 valence electrons. The van der Waals surface area contributed by atoms with Crippen molar-refractivity contribution in [1.29, 1.82) is 0 Å². The number of rotatable bonds is 6. The van der Waals surface area contributed by atoms with E-state index in [0.29, 0.717) is 17.4 Å². The van der Waals surface area contributed by atoms with Gasteiger partial charge >= 0.3 is 0 Å². The van der Waals surface area contributed by atoms with Crippen LogP contribution in [0.25, 0.3) is 0 Å². The van der Waals surface area contributed by atoms with Gasteiger partial charge in [0.25, 0.3) is 0 Å². The van der Waals surface area contributed by atoms with E-state index in [-0.39, 0.29) is 0 Å². The Morgan fingerprint density at radius 2 is 1.79 bits per heavy atom. The standard InChI is InChI=1S/C12H27NO/c1-7-14-9-11(3)13-8-10(2)12(4,5)6/h10-11,13H,7-9H2,1-6H3. The normalized spacial score (nSPS) is 16.7. The van der Waals surface area contributed by atoms with Gasteiger partial charge in [-0.3, -0.25) is 0 Å². The van der Waals surface area contributed by atoms with E-state index in [1.165, 1.54) is 0 Å². The van der Waals surface area contributed by atoms with Gasteiger partial charge < -0.3 is 10.1 Å². The highest BCUT2D eigenvalue weighted by Crippen LogP contribution is 2.24. The van der Waals surface area contributed by atoms with Crippen LogP contribution in [0.4, 0.5) is 0 Å². The molecule has 0 rings (SSSR count). The molecule has 0 aromatic heterocycles. The lowest BCUT2D eigenvalue weighted by Crippen LogP contribution is -2.37. The number of ether oxygens (including phenoxy) is 1. The van der Waals surface area contributed by atoms with Crippen molar-refractivity contribution in [2.45, 2.75) is 47.6 Å². The van der Waals surface area contributed by atoms with Gasteiger partial charge in [0.15, 0.2) is 0 Å². The molecule has 0 saturated heterocycles. The van der Waals surface area contributed by atoms with Crippen LogP contribution in [0.1, 0.15) is 41.5 Å². The number of hydrogen-bond donors (Lipinski definition) is 1. The molecule has 0 aliphatic heterocycles. The first kappa shape index (κ1) is 13.9. The van der Waals surface area contributed by atoms with Crippen molar-refractivity contribution < 1.29 is 4.74 Å². The fourth-order valence-corrected chi connectivity index (χ4v) is 1.04. The molecule has 2 heteroatoms. The first-order valence-corrected chi connectivity index (χ1v) is 5.69. The molecular formula is C12H27NO. The van der Waals surface area contributed by atoms with Crippen LogP contribution < -0.4 is 5.32 Å². The third kappa shape index (κ3) is 6.39. The first-order valence-electron chi connectivity index (χ1n) is 5.69. The second-order valence-electron chi connectivity index (χ2n) is 5.24. The summed E-state index contributed by atoms with van der Waals surface area (Å²) in [5, 5.41) is 3.50. The Kier molecular flexibility index (Phi) is 6.38. The molecule has 2 nitrogen and oxygen atoms in total. The molecule has 0 fully saturated rings. The van der Waals surface area contributed by atoms with Crippen molar-refractivity contribution in [3.63, 3.8) is 0 Å². The van der Waals surface area contributed by atoms with Crippen molar-refractivity contribution in [1.82, 2.24) is 5.32 Å². The molecule has 0 aromatic rings. The molecule has 2 atom stereocenters. The maximum absolute atomic E-state index is 5.35. The largest absolute Gasteiger partial charge is 0.380 e. The van der Waals surface area contributed by atoms with Crippen molar-refractivity contribution in [2.24, 2.45) is 11.3 Å². The van der Waals surface area contributed by atoms with Crippen LogP contribution in [0.3, 0.4) is 0 Å². The average Bonchev–Trinajstić information content (AvgIpc) is 2.09. The molecule has 0 spiro atoms. The number of nitrogens with one attached hydrogen (secondary N) is 1. The highest BCUT2D eigenvalue weighted by atomic mass is 16.5. The zero-order valence-corrected chi connectivity index (χ0v) is 10.7. The van der Waals surface area contributed by atoms with Crippen LogP contribution >= 0.6 is 0 Å². The van der Waals surface area contributed by atoms with Gasteiger partial charge in [-0.05, 0) is 31.7 Å². The van der Waals surface area contributed by atoms with E-state index in [2.05, 4.69) is 39.9 Å². The second-order valence-corrected chi connectivity index (χ2v) is 5.24. The third-order valence-corrected chi connectivity index (χ3v) is 2.82. The van der Waals surface area contributed by atoms with Gasteiger partial charge in [-0.1, -0.05) is 27.7 Å².